The lowest BCUT2D eigenvalue weighted by Gasteiger charge is -2.13. The van der Waals surface area contributed by atoms with E-state index in [-0.39, 0.29) is 16.7 Å². The molecule has 3 aromatic rings. The molecule has 1 aromatic heterocycles. The predicted octanol–water partition coefficient (Wildman–Crippen LogP) is 4.13. The number of rotatable bonds is 5. The van der Waals surface area contributed by atoms with Gasteiger partial charge in [0, 0.05) is 19.7 Å². The molecule has 0 amide bonds. The number of oxazole rings is 1. The summed E-state index contributed by atoms with van der Waals surface area (Å²) in [7, 11) is -0.713. The number of halogens is 2. The van der Waals surface area contributed by atoms with Crippen molar-refractivity contribution < 1.29 is 17.2 Å². The summed E-state index contributed by atoms with van der Waals surface area (Å²) < 4.78 is 44.2. The molecule has 136 valence electrons. The first-order valence-electron chi connectivity index (χ1n) is 7.48. The van der Waals surface area contributed by atoms with Crippen LogP contribution in [0.1, 0.15) is 0 Å². The fourth-order valence-corrected chi connectivity index (χ4v) is 3.26. The van der Waals surface area contributed by atoms with Gasteiger partial charge < -0.3 is 9.73 Å². The number of hydrogen-bond donors (Lipinski definition) is 1. The highest BCUT2D eigenvalue weighted by Gasteiger charge is 2.19. The van der Waals surface area contributed by atoms with Crippen molar-refractivity contribution in [1.29, 1.82) is 0 Å². The fourth-order valence-electron chi connectivity index (χ4n) is 2.17. The molecule has 0 saturated carbocycles. The van der Waals surface area contributed by atoms with Crippen LogP contribution in [0.3, 0.4) is 0 Å². The van der Waals surface area contributed by atoms with E-state index in [9.17, 15) is 12.8 Å². The normalized spacial score (nSPS) is 11.7. The van der Waals surface area contributed by atoms with Crippen molar-refractivity contribution in [1.82, 2.24) is 9.29 Å². The van der Waals surface area contributed by atoms with Crippen molar-refractivity contribution in [3.63, 3.8) is 0 Å². The lowest BCUT2D eigenvalue weighted by molar-refractivity contribution is 0.520. The Kier molecular flexibility index (Phi) is 4.99. The Morgan fingerprint density at radius 2 is 1.85 bits per heavy atom. The maximum absolute atomic E-state index is 13.0. The van der Waals surface area contributed by atoms with Gasteiger partial charge in [-0.05, 0) is 42.5 Å². The number of nitrogens with zero attached hydrogens (tertiary/aromatic N) is 2. The zero-order valence-electron chi connectivity index (χ0n) is 13.9. The molecule has 6 nitrogen and oxygen atoms in total. The third-order valence-electron chi connectivity index (χ3n) is 3.59. The van der Waals surface area contributed by atoms with E-state index in [1.165, 1.54) is 50.6 Å². The molecule has 9 heteroatoms. The number of benzene rings is 2. The first-order valence-corrected chi connectivity index (χ1v) is 9.30. The van der Waals surface area contributed by atoms with Crippen molar-refractivity contribution in [3.8, 4) is 11.3 Å². The van der Waals surface area contributed by atoms with Crippen LogP contribution in [0.15, 0.2) is 58.0 Å². The van der Waals surface area contributed by atoms with Crippen LogP contribution in [0, 0.1) is 5.82 Å². The maximum atomic E-state index is 13.0. The zero-order chi connectivity index (χ0) is 18.9. The third kappa shape index (κ3) is 3.72. The predicted molar refractivity (Wildman–Crippen MR) is 97.5 cm³/mol. The quantitative estimate of drug-likeness (QED) is 0.703. The molecular formula is C17H15ClFN3O3S. The molecule has 0 atom stereocenters. The number of hydrogen-bond acceptors (Lipinski definition) is 5. The highest BCUT2D eigenvalue weighted by molar-refractivity contribution is 7.89. The molecule has 0 spiro atoms. The van der Waals surface area contributed by atoms with Gasteiger partial charge in [0.1, 0.15) is 5.82 Å². The van der Waals surface area contributed by atoms with Gasteiger partial charge in [0.25, 0.3) is 6.01 Å². The number of nitrogens with one attached hydrogen (secondary N) is 1. The van der Waals surface area contributed by atoms with Gasteiger partial charge in [0.05, 0.1) is 21.8 Å². The summed E-state index contributed by atoms with van der Waals surface area (Å²) in [5.41, 5.74) is 0.990. The van der Waals surface area contributed by atoms with E-state index in [0.717, 1.165) is 4.31 Å². The second-order valence-electron chi connectivity index (χ2n) is 5.59. The summed E-state index contributed by atoms with van der Waals surface area (Å²) in [6.07, 6.45) is 1.48. The average Bonchev–Trinajstić information content (AvgIpc) is 3.05. The average molecular weight is 396 g/mol. The van der Waals surface area contributed by atoms with Crippen LogP contribution in [0.4, 0.5) is 16.1 Å². The lowest BCUT2D eigenvalue weighted by atomic mass is 10.2. The minimum atomic E-state index is -3.60. The van der Waals surface area contributed by atoms with E-state index in [4.69, 9.17) is 16.0 Å². The van der Waals surface area contributed by atoms with Gasteiger partial charge in [-0.25, -0.2) is 22.1 Å². The van der Waals surface area contributed by atoms with E-state index in [0.29, 0.717) is 22.0 Å². The number of sulfonamides is 1. The first kappa shape index (κ1) is 18.4. The molecule has 1 heterocycles. The van der Waals surface area contributed by atoms with Gasteiger partial charge in [-0.2, -0.15) is 0 Å². The van der Waals surface area contributed by atoms with E-state index in [1.807, 2.05) is 0 Å². The zero-order valence-corrected chi connectivity index (χ0v) is 15.5. The van der Waals surface area contributed by atoms with Crippen LogP contribution in [0.2, 0.25) is 5.02 Å². The number of aromatic nitrogens is 1. The van der Waals surface area contributed by atoms with Crippen LogP contribution < -0.4 is 5.32 Å². The largest absolute Gasteiger partial charge is 0.423 e. The molecule has 0 aliphatic rings. The molecular weight excluding hydrogens is 381 g/mol. The molecule has 0 unspecified atom stereocenters. The Morgan fingerprint density at radius 1 is 1.15 bits per heavy atom. The molecule has 0 radical (unpaired) electrons. The third-order valence-corrected chi connectivity index (χ3v) is 5.73. The summed E-state index contributed by atoms with van der Waals surface area (Å²) >= 11 is 6.13. The van der Waals surface area contributed by atoms with Crippen molar-refractivity contribution >= 4 is 33.3 Å². The van der Waals surface area contributed by atoms with Gasteiger partial charge >= 0.3 is 0 Å². The lowest BCUT2D eigenvalue weighted by Crippen LogP contribution is -2.22. The highest BCUT2D eigenvalue weighted by atomic mass is 35.5. The molecule has 1 N–H and O–H groups in total. The standard InChI is InChI=1S/C17H15ClFN3O3S/c1-22(2)26(23,24)13-7-8-14(18)15(9-13)21-17-20-10-16(25-17)11-3-5-12(19)6-4-11/h3-10H,1-2H3,(H,20,21). The molecule has 26 heavy (non-hydrogen) atoms. The SMILES string of the molecule is CN(C)S(=O)(=O)c1ccc(Cl)c(Nc2ncc(-c3ccc(F)cc3)o2)c1. The Labute approximate surface area is 155 Å². The number of anilines is 2. The molecule has 0 aliphatic carbocycles. The van der Waals surface area contributed by atoms with Crippen LogP contribution >= 0.6 is 11.6 Å². The molecule has 0 saturated heterocycles. The summed E-state index contributed by atoms with van der Waals surface area (Å²) in [6.45, 7) is 0. The molecule has 0 bridgehead atoms. The Balaban J connectivity index is 1.89. The van der Waals surface area contributed by atoms with E-state index in [2.05, 4.69) is 10.3 Å². The second kappa shape index (κ2) is 7.06. The fraction of sp³-hybridized carbons (Fsp3) is 0.118. The van der Waals surface area contributed by atoms with Crippen LogP contribution in [0.25, 0.3) is 11.3 Å². The van der Waals surface area contributed by atoms with E-state index in [1.54, 1.807) is 12.1 Å². The van der Waals surface area contributed by atoms with Gasteiger partial charge in [0.15, 0.2) is 5.76 Å². The van der Waals surface area contributed by atoms with Gasteiger partial charge in [-0.3, -0.25) is 0 Å². The van der Waals surface area contributed by atoms with Crippen molar-refractivity contribution in [2.75, 3.05) is 19.4 Å². The summed E-state index contributed by atoms with van der Waals surface area (Å²) in [6, 6.07) is 10.2. The summed E-state index contributed by atoms with van der Waals surface area (Å²) in [5, 5.41) is 3.17. The topological polar surface area (TPSA) is 75.4 Å². The Hall–Kier alpha value is -2.42. The summed E-state index contributed by atoms with van der Waals surface area (Å²) in [4.78, 5) is 4.17. The minimum absolute atomic E-state index is 0.0831. The molecule has 3 rings (SSSR count). The van der Waals surface area contributed by atoms with Gasteiger partial charge in [-0.15, -0.1) is 0 Å². The van der Waals surface area contributed by atoms with Gasteiger partial charge in [0.2, 0.25) is 10.0 Å². The van der Waals surface area contributed by atoms with Gasteiger partial charge in [-0.1, -0.05) is 11.6 Å². The monoisotopic (exact) mass is 395 g/mol. The second-order valence-corrected chi connectivity index (χ2v) is 8.15. The minimum Gasteiger partial charge on any atom is -0.423 e. The molecule has 0 fully saturated rings. The Morgan fingerprint density at radius 3 is 2.50 bits per heavy atom. The smallest absolute Gasteiger partial charge is 0.299 e. The Bertz CT molecular complexity index is 1030. The van der Waals surface area contributed by atoms with Crippen molar-refractivity contribution in [2.24, 2.45) is 0 Å². The van der Waals surface area contributed by atoms with Crippen molar-refractivity contribution in [3.05, 3.63) is 59.5 Å². The highest BCUT2D eigenvalue weighted by Crippen LogP contribution is 2.30. The van der Waals surface area contributed by atoms with E-state index < -0.39 is 10.0 Å². The molecule has 0 aliphatic heterocycles. The first-order chi connectivity index (χ1) is 12.3. The van der Waals surface area contributed by atoms with Crippen LogP contribution in [-0.2, 0) is 10.0 Å². The van der Waals surface area contributed by atoms with Crippen LogP contribution in [-0.4, -0.2) is 31.8 Å². The van der Waals surface area contributed by atoms with Crippen LogP contribution in [0.5, 0.6) is 0 Å². The molecule has 2 aromatic carbocycles. The maximum Gasteiger partial charge on any atom is 0.299 e. The van der Waals surface area contributed by atoms with E-state index >= 15 is 0 Å². The summed E-state index contributed by atoms with van der Waals surface area (Å²) in [5.74, 6) is 0.0815. The van der Waals surface area contributed by atoms with Crippen molar-refractivity contribution in [2.45, 2.75) is 4.90 Å².